The predicted molar refractivity (Wildman–Crippen MR) is 97.4 cm³/mol. The Morgan fingerprint density at radius 2 is 1.20 bits per heavy atom. The number of rotatable bonds is 10. The first kappa shape index (κ1) is 23.3. The normalized spacial score (nSPS) is 13.8. The van der Waals surface area contributed by atoms with Crippen LogP contribution in [0.4, 0.5) is 0 Å². The van der Waals surface area contributed by atoms with Crippen LogP contribution in [-0.2, 0) is 14.4 Å². The highest BCUT2D eigenvalue weighted by atomic mass is 16.3. The summed E-state index contributed by atoms with van der Waals surface area (Å²) >= 11 is 0. The van der Waals surface area contributed by atoms with Gasteiger partial charge < -0.3 is 25.5 Å². The van der Waals surface area contributed by atoms with Crippen LogP contribution in [-0.4, -0.2) is 85.6 Å². The van der Waals surface area contributed by atoms with Crippen molar-refractivity contribution in [1.29, 1.82) is 0 Å². The van der Waals surface area contributed by atoms with Gasteiger partial charge in [0.1, 0.15) is 0 Å². The van der Waals surface area contributed by atoms with E-state index in [9.17, 15) is 9.59 Å². The number of hydrogen-bond acceptors (Lipinski definition) is 5. The molecular weight excluding hydrogens is 324 g/mol. The molecule has 1 saturated heterocycles. The van der Waals surface area contributed by atoms with E-state index in [1.807, 2.05) is 9.80 Å². The minimum atomic E-state index is -0.250. The molecule has 0 aromatic rings. The van der Waals surface area contributed by atoms with Crippen molar-refractivity contribution >= 4 is 18.3 Å². The molecule has 0 spiro atoms. The maximum absolute atomic E-state index is 12.0. The average Bonchev–Trinajstić information content (AvgIpc) is 2.63. The molecule has 1 rings (SSSR count). The fourth-order valence-electron chi connectivity index (χ4n) is 2.42. The van der Waals surface area contributed by atoms with E-state index < -0.39 is 0 Å². The van der Waals surface area contributed by atoms with Crippen molar-refractivity contribution in [3.05, 3.63) is 0 Å². The summed E-state index contributed by atoms with van der Waals surface area (Å²) in [5, 5.41) is 13.2. The molecule has 0 saturated carbocycles. The lowest BCUT2D eigenvalue weighted by Gasteiger charge is -2.35. The van der Waals surface area contributed by atoms with Crippen LogP contribution in [0.3, 0.4) is 0 Å². The van der Waals surface area contributed by atoms with E-state index in [1.165, 1.54) is 0 Å². The third-order valence-corrected chi connectivity index (χ3v) is 3.95. The molecule has 0 unspecified atom stereocenters. The standard InChI is InChI=1S/C16H32N4O2.CH2O2/c1-3-5-7-17-13-15(21)19-9-11-20(12-10-19)16(22)14-18-8-6-4-2;2-1-3/h17-18H,3-14H2,1-2H3;1H,(H,2,3). The van der Waals surface area contributed by atoms with E-state index in [-0.39, 0.29) is 18.3 Å². The van der Waals surface area contributed by atoms with E-state index in [0.29, 0.717) is 39.3 Å². The van der Waals surface area contributed by atoms with E-state index in [1.54, 1.807) is 0 Å². The molecule has 1 aliphatic rings. The van der Waals surface area contributed by atoms with Crippen LogP contribution in [0.25, 0.3) is 0 Å². The summed E-state index contributed by atoms with van der Waals surface area (Å²) in [7, 11) is 0. The number of carbonyl (C=O) groups is 3. The molecule has 0 radical (unpaired) electrons. The van der Waals surface area contributed by atoms with Crippen LogP contribution < -0.4 is 10.6 Å². The predicted octanol–water partition coefficient (Wildman–Crippen LogP) is 0.137. The van der Waals surface area contributed by atoms with E-state index >= 15 is 0 Å². The van der Waals surface area contributed by atoms with Crippen molar-refractivity contribution < 1.29 is 19.5 Å². The van der Waals surface area contributed by atoms with Gasteiger partial charge >= 0.3 is 0 Å². The Balaban J connectivity index is 0.00000178. The van der Waals surface area contributed by atoms with Crippen LogP contribution in [0.1, 0.15) is 39.5 Å². The maximum Gasteiger partial charge on any atom is 0.290 e. The molecule has 1 aliphatic heterocycles. The van der Waals surface area contributed by atoms with Crippen LogP contribution in [0.15, 0.2) is 0 Å². The zero-order chi connectivity index (χ0) is 18.9. The number of hydrogen-bond donors (Lipinski definition) is 3. The number of unbranched alkanes of at least 4 members (excludes halogenated alkanes) is 2. The molecule has 8 nitrogen and oxygen atoms in total. The zero-order valence-electron chi connectivity index (χ0n) is 15.6. The number of nitrogens with one attached hydrogen (secondary N) is 2. The van der Waals surface area contributed by atoms with Crippen LogP contribution >= 0.6 is 0 Å². The van der Waals surface area contributed by atoms with Gasteiger partial charge in [-0.15, -0.1) is 0 Å². The molecule has 25 heavy (non-hydrogen) atoms. The lowest BCUT2D eigenvalue weighted by atomic mass is 10.3. The summed E-state index contributed by atoms with van der Waals surface area (Å²) in [6.45, 7) is 9.22. The number of nitrogens with zero attached hydrogens (tertiary/aromatic N) is 2. The summed E-state index contributed by atoms with van der Waals surface area (Å²) in [4.78, 5) is 36.1. The van der Waals surface area contributed by atoms with Gasteiger partial charge in [-0.05, 0) is 25.9 Å². The van der Waals surface area contributed by atoms with Gasteiger partial charge in [-0.3, -0.25) is 14.4 Å². The van der Waals surface area contributed by atoms with Crippen molar-refractivity contribution in [3.8, 4) is 0 Å². The third kappa shape index (κ3) is 11.5. The molecule has 0 bridgehead atoms. The molecule has 8 heteroatoms. The Bertz CT molecular complexity index is 340. The first-order valence-electron chi connectivity index (χ1n) is 9.15. The topological polar surface area (TPSA) is 102 Å². The fourth-order valence-corrected chi connectivity index (χ4v) is 2.42. The molecule has 0 aromatic carbocycles. The van der Waals surface area contributed by atoms with Crippen molar-refractivity contribution in [3.63, 3.8) is 0 Å². The second-order valence-electron chi connectivity index (χ2n) is 5.93. The van der Waals surface area contributed by atoms with Gasteiger partial charge in [0.25, 0.3) is 6.47 Å². The highest BCUT2D eigenvalue weighted by molar-refractivity contribution is 5.80. The second kappa shape index (κ2) is 15.8. The summed E-state index contributed by atoms with van der Waals surface area (Å²) < 4.78 is 0. The summed E-state index contributed by atoms with van der Waals surface area (Å²) in [5.74, 6) is 0.286. The van der Waals surface area contributed by atoms with Crippen molar-refractivity contribution in [1.82, 2.24) is 20.4 Å². The van der Waals surface area contributed by atoms with Gasteiger partial charge in [-0.2, -0.15) is 0 Å². The lowest BCUT2D eigenvalue weighted by molar-refractivity contribution is -0.138. The number of carbonyl (C=O) groups excluding carboxylic acids is 2. The van der Waals surface area contributed by atoms with Gasteiger partial charge in [0.2, 0.25) is 11.8 Å². The largest absolute Gasteiger partial charge is 0.483 e. The van der Waals surface area contributed by atoms with Gasteiger partial charge in [0.05, 0.1) is 13.1 Å². The SMILES string of the molecule is CCCCNCC(=O)N1CCN(C(=O)CNCCCC)CC1.O=CO. The Labute approximate surface area is 150 Å². The van der Waals surface area contributed by atoms with E-state index in [0.717, 1.165) is 38.8 Å². The number of piperazine rings is 1. The van der Waals surface area contributed by atoms with Crippen LogP contribution in [0, 0.1) is 0 Å². The molecule has 146 valence electrons. The first-order chi connectivity index (χ1) is 12.1. The maximum atomic E-state index is 12.0. The summed E-state index contributed by atoms with van der Waals surface area (Å²) in [6, 6.07) is 0. The molecule has 3 N–H and O–H groups in total. The fraction of sp³-hybridized carbons (Fsp3) is 0.824. The Morgan fingerprint density at radius 1 is 0.880 bits per heavy atom. The molecule has 0 atom stereocenters. The quantitative estimate of drug-likeness (QED) is 0.379. The lowest BCUT2D eigenvalue weighted by Crippen LogP contribution is -2.53. The van der Waals surface area contributed by atoms with Crippen molar-refractivity contribution in [2.45, 2.75) is 39.5 Å². The van der Waals surface area contributed by atoms with Crippen molar-refractivity contribution in [2.24, 2.45) is 0 Å². The second-order valence-corrected chi connectivity index (χ2v) is 5.93. The van der Waals surface area contributed by atoms with Gasteiger partial charge in [0, 0.05) is 26.2 Å². The average molecular weight is 358 g/mol. The molecule has 1 fully saturated rings. The van der Waals surface area contributed by atoms with Crippen molar-refractivity contribution in [2.75, 3.05) is 52.4 Å². The van der Waals surface area contributed by atoms with E-state index in [4.69, 9.17) is 9.90 Å². The van der Waals surface area contributed by atoms with Crippen LogP contribution in [0.5, 0.6) is 0 Å². The minimum absolute atomic E-state index is 0.143. The highest BCUT2D eigenvalue weighted by Gasteiger charge is 2.23. The van der Waals surface area contributed by atoms with Gasteiger partial charge in [-0.1, -0.05) is 26.7 Å². The number of amides is 2. The first-order valence-corrected chi connectivity index (χ1v) is 9.15. The monoisotopic (exact) mass is 358 g/mol. The zero-order valence-corrected chi connectivity index (χ0v) is 15.6. The number of carboxylic acid groups (broad SMARTS) is 1. The smallest absolute Gasteiger partial charge is 0.290 e. The summed E-state index contributed by atoms with van der Waals surface area (Å²) in [6.07, 6.45) is 4.46. The molecular formula is C17H34N4O4. The molecule has 1 heterocycles. The van der Waals surface area contributed by atoms with E-state index in [2.05, 4.69) is 24.5 Å². The van der Waals surface area contributed by atoms with Crippen LogP contribution in [0.2, 0.25) is 0 Å². The Hall–Kier alpha value is -1.67. The molecule has 2 amide bonds. The molecule has 0 aromatic heterocycles. The molecule has 0 aliphatic carbocycles. The summed E-state index contributed by atoms with van der Waals surface area (Å²) in [5.41, 5.74) is 0. The Morgan fingerprint density at radius 3 is 1.48 bits per heavy atom. The highest BCUT2D eigenvalue weighted by Crippen LogP contribution is 2.02. The Kier molecular flexibility index (Phi) is 14.8. The minimum Gasteiger partial charge on any atom is -0.483 e. The third-order valence-electron chi connectivity index (χ3n) is 3.95. The van der Waals surface area contributed by atoms with Gasteiger partial charge in [-0.25, -0.2) is 0 Å². The van der Waals surface area contributed by atoms with Gasteiger partial charge in [0.15, 0.2) is 0 Å².